The molecular formula is C23H25FN6O. The summed E-state index contributed by atoms with van der Waals surface area (Å²) in [6.07, 6.45) is 6.61. The molecule has 3 aromatic heterocycles. The van der Waals surface area contributed by atoms with Gasteiger partial charge in [0, 0.05) is 54.1 Å². The molecule has 0 aliphatic carbocycles. The van der Waals surface area contributed by atoms with Crippen LogP contribution in [-0.4, -0.2) is 38.8 Å². The van der Waals surface area contributed by atoms with Gasteiger partial charge in [0.15, 0.2) is 5.65 Å². The molecule has 0 saturated carbocycles. The van der Waals surface area contributed by atoms with Gasteiger partial charge in [-0.15, -0.1) is 0 Å². The molecule has 7 nitrogen and oxygen atoms in total. The lowest BCUT2D eigenvalue weighted by molar-refractivity contribution is 0.142. The van der Waals surface area contributed by atoms with E-state index in [9.17, 15) is 4.39 Å². The molecule has 2 atom stereocenters. The van der Waals surface area contributed by atoms with Crippen LogP contribution >= 0.6 is 0 Å². The van der Waals surface area contributed by atoms with Gasteiger partial charge in [0.05, 0.1) is 17.4 Å². The number of benzene rings is 1. The first-order chi connectivity index (χ1) is 15.1. The Kier molecular flexibility index (Phi) is 5.25. The monoisotopic (exact) mass is 420 g/mol. The van der Waals surface area contributed by atoms with Gasteiger partial charge >= 0.3 is 0 Å². The van der Waals surface area contributed by atoms with E-state index in [1.165, 1.54) is 12.1 Å². The molecule has 1 fully saturated rings. The molecule has 2 unspecified atom stereocenters. The molecule has 3 N–H and O–H groups in total. The number of hydrogen-bond donors (Lipinski definition) is 2. The Morgan fingerprint density at radius 2 is 2.10 bits per heavy atom. The van der Waals surface area contributed by atoms with Crippen molar-refractivity contribution < 1.29 is 9.13 Å². The van der Waals surface area contributed by atoms with E-state index in [4.69, 9.17) is 15.5 Å². The summed E-state index contributed by atoms with van der Waals surface area (Å²) in [5.74, 6) is 0.226. The molecule has 0 bridgehead atoms. The van der Waals surface area contributed by atoms with E-state index in [0.29, 0.717) is 17.5 Å². The summed E-state index contributed by atoms with van der Waals surface area (Å²) in [6.45, 7) is 3.70. The van der Waals surface area contributed by atoms with Crippen LogP contribution in [0.2, 0.25) is 0 Å². The van der Waals surface area contributed by atoms with E-state index >= 15 is 0 Å². The molecule has 1 aromatic carbocycles. The van der Waals surface area contributed by atoms with E-state index in [0.717, 1.165) is 60.2 Å². The summed E-state index contributed by atoms with van der Waals surface area (Å²) < 4.78 is 20.9. The predicted octanol–water partition coefficient (Wildman–Crippen LogP) is 3.89. The molecular weight excluding hydrogens is 395 g/mol. The second-order valence-corrected chi connectivity index (χ2v) is 8.09. The first-order valence-corrected chi connectivity index (χ1v) is 10.6. The molecule has 160 valence electrons. The Morgan fingerprint density at radius 3 is 3.00 bits per heavy atom. The van der Waals surface area contributed by atoms with Crippen LogP contribution in [0.1, 0.15) is 37.9 Å². The maximum absolute atomic E-state index is 13.7. The number of nitrogens with two attached hydrogens (primary N) is 1. The second kappa shape index (κ2) is 8.20. The quantitative estimate of drug-likeness (QED) is 0.521. The number of nitrogens with zero attached hydrogens (tertiary/aromatic N) is 4. The van der Waals surface area contributed by atoms with Crippen molar-refractivity contribution in [1.82, 2.24) is 24.9 Å². The van der Waals surface area contributed by atoms with Crippen LogP contribution in [0.15, 0.2) is 42.7 Å². The molecule has 31 heavy (non-hydrogen) atoms. The summed E-state index contributed by atoms with van der Waals surface area (Å²) in [7, 11) is 0. The minimum absolute atomic E-state index is 0.0296. The number of halogens is 1. The van der Waals surface area contributed by atoms with Gasteiger partial charge in [-0.25, -0.2) is 9.37 Å². The van der Waals surface area contributed by atoms with Crippen LogP contribution in [0.25, 0.3) is 27.7 Å². The van der Waals surface area contributed by atoms with Gasteiger partial charge in [-0.3, -0.25) is 4.98 Å². The second-order valence-electron chi connectivity index (χ2n) is 8.09. The third-order valence-electron chi connectivity index (χ3n) is 5.85. The summed E-state index contributed by atoms with van der Waals surface area (Å²) in [5.41, 5.74) is 10.2. The highest BCUT2D eigenvalue weighted by molar-refractivity contribution is 5.87. The Morgan fingerprint density at radius 1 is 1.19 bits per heavy atom. The molecule has 0 spiro atoms. The third kappa shape index (κ3) is 3.96. The first-order valence-electron chi connectivity index (χ1n) is 10.6. The van der Waals surface area contributed by atoms with Gasteiger partial charge in [0.25, 0.3) is 0 Å². The fourth-order valence-electron chi connectivity index (χ4n) is 4.19. The van der Waals surface area contributed by atoms with Gasteiger partial charge in [-0.2, -0.15) is 9.61 Å². The molecule has 4 aromatic rings. The number of rotatable bonds is 4. The van der Waals surface area contributed by atoms with Gasteiger partial charge < -0.3 is 15.8 Å². The van der Waals surface area contributed by atoms with Crippen molar-refractivity contribution in [2.24, 2.45) is 0 Å². The zero-order valence-electron chi connectivity index (χ0n) is 17.4. The van der Waals surface area contributed by atoms with E-state index in [-0.39, 0.29) is 11.9 Å². The zero-order chi connectivity index (χ0) is 21.4. The molecule has 5 rings (SSSR count). The van der Waals surface area contributed by atoms with Crippen molar-refractivity contribution in [1.29, 1.82) is 0 Å². The highest BCUT2D eigenvalue weighted by Gasteiger charge is 2.19. The minimum atomic E-state index is -0.292. The normalized spacial score (nSPS) is 18.3. The molecule has 8 heteroatoms. The largest absolute Gasteiger partial charge is 0.384 e. The number of fused-ring (bicyclic) bond motifs is 2. The van der Waals surface area contributed by atoms with Crippen molar-refractivity contribution in [3.8, 4) is 11.1 Å². The molecule has 1 aliphatic rings. The minimum Gasteiger partial charge on any atom is -0.384 e. The first kappa shape index (κ1) is 19.8. The predicted molar refractivity (Wildman–Crippen MR) is 118 cm³/mol. The molecule has 0 amide bonds. The highest BCUT2D eigenvalue weighted by atomic mass is 19.1. The standard InChI is InChI=1S/C23H25FN6O/c1-14(28-18-3-2-7-31-8-6-18)21-11-22(25)30-23(29-21)19(13-27-30)16-9-15-10-17(24)4-5-20(15)26-12-16/h4-5,9-14,18,28H,2-3,6-8,25H2,1H3. The smallest absolute Gasteiger partial charge is 0.165 e. The third-order valence-corrected chi connectivity index (χ3v) is 5.85. The summed E-state index contributed by atoms with van der Waals surface area (Å²) >= 11 is 0. The van der Waals surface area contributed by atoms with Gasteiger partial charge in [-0.1, -0.05) is 0 Å². The number of nitrogen functional groups attached to an aromatic ring is 1. The zero-order valence-corrected chi connectivity index (χ0v) is 17.4. The number of aromatic nitrogens is 4. The molecule has 1 aliphatic heterocycles. The fraction of sp³-hybridized carbons (Fsp3) is 0.348. The summed E-state index contributed by atoms with van der Waals surface area (Å²) in [6, 6.07) is 8.75. The van der Waals surface area contributed by atoms with Crippen molar-refractivity contribution in [2.45, 2.75) is 38.3 Å². The van der Waals surface area contributed by atoms with Crippen LogP contribution in [0, 0.1) is 5.82 Å². The lowest BCUT2D eigenvalue weighted by Crippen LogP contribution is -2.32. The van der Waals surface area contributed by atoms with Crippen LogP contribution in [0.4, 0.5) is 10.2 Å². The Balaban J connectivity index is 1.51. The van der Waals surface area contributed by atoms with Crippen molar-refractivity contribution in [2.75, 3.05) is 18.9 Å². The van der Waals surface area contributed by atoms with Crippen LogP contribution < -0.4 is 11.1 Å². The van der Waals surface area contributed by atoms with Crippen LogP contribution in [0.3, 0.4) is 0 Å². The van der Waals surface area contributed by atoms with Crippen molar-refractivity contribution in [3.05, 3.63) is 54.2 Å². The van der Waals surface area contributed by atoms with E-state index < -0.39 is 0 Å². The Hall–Kier alpha value is -3.10. The van der Waals surface area contributed by atoms with Crippen LogP contribution in [0.5, 0.6) is 0 Å². The molecule has 0 radical (unpaired) electrons. The number of anilines is 1. The highest BCUT2D eigenvalue weighted by Crippen LogP contribution is 2.28. The van der Waals surface area contributed by atoms with Gasteiger partial charge in [-0.05, 0) is 50.5 Å². The number of hydrogen-bond acceptors (Lipinski definition) is 6. The SMILES string of the molecule is CC(NC1CCCOCC1)c1cc(N)n2ncc(-c3cnc4ccc(F)cc4c3)c2n1. The van der Waals surface area contributed by atoms with Crippen molar-refractivity contribution in [3.63, 3.8) is 0 Å². The van der Waals surface area contributed by atoms with Crippen molar-refractivity contribution >= 4 is 22.4 Å². The van der Waals surface area contributed by atoms with E-state index in [1.807, 2.05) is 12.1 Å². The fourth-order valence-corrected chi connectivity index (χ4v) is 4.19. The Labute approximate surface area is 179 Å². The number of nitrogens with one attached hydrogen (secondary N) is 1. The van der Waals surface area contributed by atoms with Crippen LogP contribution in [-0.2, 0) is 4.74 Å². The molecule has 1 saturated heterocycles. The maximum atomic E-state index is 13.7. The Bertz CT molecular complexity index is 1230. The lowest BCUT2D eigenvalue weighted by Gasteiger charge is -2.21. The van der Waals surface area contributed by atoms with E-state index in [2.05, 4.69) is 22.3 Å². The maximum Gasteiger partial charge on any atom is 0.165 e. The van der Waals surface area contributed by atoms with Gasteiger partial charge in [0.1, 0.15) is 11.6 Å². The number of ether oxygens (including phenoxy) is 1. The lowest BCUT2D eigenvalue weighted by atomic mass is 10.1. The van der Waals surface area contributed by atoms with Gasteiger partial charge in [0.2, 0.25) is 0 Å². The number of pyridine rings is 1. The topological polar surface area (TPSA) is 90.4 Å². The molecule has 4 heterocycles. The average molecular weight is 420 g/mol. The summed E-state index contributed by atoms with van der Waals surface area (Å²) in [5, 5.41) is 8.81. The average Bonchev–Trinajstić information content (AvgIpc) is 3.03. The van der Waals surface area contributed by atoms with E-state index in [1.54, 1.807) is 23.0 Å². The summed E-state index contributed by atoms with van der Waals surface area (Å²) in [4.78, 5) is 9.35.